The van der Waals surface area contributed by atoms with Crippen LogP contribution in [0.1, 0.15) is 46.0 Å². The molecular formula is C14H19NO2. The zero-order chi connectivity index (χ0) is 13.1. The molecule has 1 aliphatic carbocycles. The van der Waals surface area contributed by atoms with Crippen LogP contribution in [-0.2, 0) is 9.59 Å². The van der Waals surface area contributed by atoms with Crippen LogP contribution in [0.5, 0.6) is 0 Å². The highest BCUT2D eigenvalue weighted by atomic mass is 16.2. The summed E-state index contributed by atoms with van der Waals surface area (Å²) in [7, 11) is 0. The van der Waals surface area contributed by atoms with E-state index in [1.165, 1.54) is 0 Å². The Hall–Kier alpha value is -1.43. The highest BCUT2D eigenvalue weighted by Gasteiger charge is 2.50. The maximum absolute atomic E-state index is 12.3. The van der Waals surface area contributed by atoms with Crippen LogP contribution in [0.25, 0.3) is 0 Å². The predicted molar refractivity (Wildman–Crippen MR) is 65.1 cm³/mol. The standard InChI is InChI=1S/C14H19NO2/c1-4-6-14(7-5-8-15)11(16)9-13(2,3)10-12(14)17/h4H,1,5-7,9-10H2,2-3H3. The van der Waals surface area contributed by atoms with Crippen LogP contribution in [-0.4, -0.2) is 11.6 Å². The molecule has 3 heteroatoms. The zero-order valence-electron chi connectivity index (χ0n) is 10.6. The van der Waals surface area contributed by atoms with E-state index in [0.717, 1.165) is 0 Å². The van der Waals surface area contributed by atoms with Gasteiger partial charge in [0.2, 0.25) is 0 Å². The number of rotatable bonds is 4. The molecular weight excluding hydrogens is 214 g/mol. The molecule has 0 aromatic carbocycles. The van der Waals surface area contributed by atoms with Crippen molar-refractivity contribution in [3.8, 4) is 6.07 Å². The maximum atomic E-state index is 12.3. The molecule has 0 saturated heterocycles. The minimum absolute atomic E-state index is 0.0195. The van der Waals surface area contributed by atoms with Gasteiger partial charge in [-0.2, -0.15) is 5.26 Å². The van der Waals surface area contributed by atoms with E-state index in [4.69, 9.17) is 5.26 Å². The third kappa shape index (κ3) is 2.63. The van der Waals surface area contributed by atoms with E-state index in [-0.39, 0.29) is 23.4 Å². The van der Waals surface area contributed by atoms with Gasteiger partial charge in [-0.15, -0.1) is 6.58 Å². The number of carbonyl (C=O) groups excluding carboxylic acids is 2. The van der Waals surface area contributed by atoms with Crippen LogP contribution in [0.15, 0.2) is 12.7 Å². The fourth-order valence-electron chi connectivity index (χ4n) is 2.55. The van der Waals surface area contributed by atoms with Crippen molar-refractivity contribution in [1.82, 2.24) is 0 Å². The van der Waals surface area contributed by atoms with Crippen molar-refractivity contribution in [1.29, 1.82) is 5.26 Å². The Labute approximate surface area is 103 Å². The summed E-state index contributed by atoms with van der Waals surface area (Å²) in [6.45, 7) is 7.50. The van der Waals surface area contributed by atoms with E-state index in [0.29, 0.717) is 25.7 Å². The molecule has 0 heterocycles. The molecule has 0 amide bonds. The number of carbonyl (C=O) groups is 2. The van der Waals surface area contributed by atoms with Gasteiger partial charge in [0.15, 0.2) is 0 Å². The van der Waals surface area contributed by atoms with Crippen LogP contribution in [0.3, 0.4) is 0 Å². The molecule has 0 atom stereocenters. The molecule has 0 unspecified atom stereocenters. The van der Waals surface area contributed by atoms with Crippen LogP contribution < -0.4 is 0 Å². The van der Waals surface area contributed by atoms with Gasteiger partial charge in [-0.3, -0.25) is 9.59 Å². The van der Waals surface area contributed by atoms with E-state index < -0.39 is 5.41 Å². The first-order valence-electron chi connectivity index (χ1n) is 5.92. The average molecular weight is 233 g/mol. The molecule has 0 spiro atoms. The highest BCUT2D eigenvalue weighted by molar-refractivity contribution is 6.09. The molecule has 1 aliphatic rings. The molecule has 0 radical (unpaired) electrons. The second kappa shape index (κ2) is 4.83. The van der Waals surface area contributed by atoms with Crippen LogP contribution in [0, 0.1) is 22.2 Å². The molecule has 0 aliphatic heterocycles. The molecule has 92 valence electrons. The monoisotopic (exact) mass is 233 g/mol. The number of hydrogen-bond donors (Lipinski definition) is 0. The molecule has 0 aromatic heterocycles. The van der Waals surface area contributed by atoms with E-state index in [9.17, 15) is 9.59 Å². The SMILES string of the molecule is C=CCC1(CCC#N)C(=O)CC(C)(C)CC1=O. The number of ketones is 2. The van der Waals surface area contributed by atoms with Crippen LogP contribution in [0.4, 0.5) is 0 Å². The summed E-state index contributed by atoms with van der Waals surface area (Å²) in [6, 6.07) is 2.02. The Balaban J connectivity index is 3.04. The van der Waals surface area contributed by atoms with Gasteiger partial charge in [0.25, 0.3) is 0 Å². The lowest BCUT2D eigenvalue weighted by Crippen LogP contribution is -2.47. The first-order valence-corrected chi connectivity index (χ1v) is 5.92. The minimum atomic E-state index is -0.965. The largest absolute Gasteiger partial charge is 0.299 e. The Morgan fingerprint density at radius 1 is 1.35 bits per heavy atom. The second-order valence-electron chi connectivity index (χ2n) is 5.60. The molecule has 1 saturated carbocycles. The third-order valence-corrected chi connectivity index (χ3v) is 3.50. The number of hydrogen-bond acceptors (Lipinski definition) is 3. The lowest BCUT2D eigenvalue weighted by atomic mass is 9.60. The summed E-state index contributed by atoms with van der Waals surface area (Å²) in [6.07, 6.45) is 3.39. The summed E-state index contributed by atoms with van der Waals surface area (Å²) in [5.41, 5.74) is -1.21. The predicted octanol–water partition coefficient (Wildman–Crippen LogP) is 2.81. The van der Waals surface area contributed by atoms with Crippen molar-refractivity contribution in [2.24, 2.45) is 10.8 Å². The summed E-state index contributed by atoms with van der Waals surface area (Å²) >= 11 is 0. The quantitative estimate of drug-likeness (QED) is 0.554. The van der Waals surface area contributed by atoms with Gasteiger partial charge in [-0.05, 0) is 18.3 Å². The summed E-state index contributed by atoms with van der Waals surface area (Å²) in [5.74, 6) is -0.0391. The Bertz CT molecular complexity index is 368. The van der Waals surface area contributed by atoms with E-state index >= 15 is 0 Å². The second-order valence-corrected chi connectivity index (χ2v) is 5.60. The molecule has 3 nitrogen and oxygen atoms in total. The summed E-state index contributed by atoms with van der Waals surface area (Å²) in [4.78, 5) is 24.5. The van der Waals surface area contributed by atoms with E-state index in [1.54, 1.807) is 6.08 Å². The Morgan fingerprint density at radius 2 is 1.88 bits per heavy atom. The Morgan fingerprint density at radius 3 is 2.29 bits per heavy atom. The van der Waals surface area contributed by atoms with Crippen molar-refractivity contribution < 1.29 is 9.59 Å². The number of nitriles is 1. The lowest BCUT2D eigenvalue weighted by molar-refractivity contribution is -0.148. The van der Waals surface area contributed by atoms with Crippen molar-refractivity contribution in [2.75, 3.05) is 0 Å². The van der Waals surface area contributed by atoms with E-state index in [1.807, 2.05) is 19.9 Å². The molecule has 1 fully saturated rings. The minimum Gasteiger partial charge on any atom is -0.299 e. The zero-order valence-corrected chi connectivity index (χ0v) is 10.6. The van der Waals surface area contributed by atoms with Gasteiger partial charge in [-0.1, -0.05) is 19.9 Å². The molecule has 0 bridgehead atoms. The molecule has 17 heavy (non-hydrogen) atoms. The van der Waals surface area contributed by atoms with Gasteiger partial charge < -0.3 is 0 Å². The number of allylic oxidation sites excluding steroid dienone is 1. The van der Waals surface area contributed by atoms with Crippen molar-refractivity contribution >= 4 is 11.6 Å². The van der Waals surface area contributed by atoms with E-state index in [2.05, 4.69) is 6.58 Å². The van der Waals surface area contributed by atoms with Crippen LogP contribution >= 0.6 is 0 Å². The van der Waals surface area contributed by atoms with Gasteiger partial charge in [-0.25, -0.2) is 0 Å². The topological polar surface area (TPSA) is 57.9 Å². The average Bonchev–Trinajstić information content (AvgIpc) is 2.20. The van der Waals surface area contributed by atoms with Gasteiger partial charge in [0.1, 0.15) is 11.6 Å². The first-order chi connectivity index (χ1) is 7.88. The smallest absolute Gasteiger partial charge is 0.147 e. The summed E-state index contributed by atoms with van der Waals surface area (Å²) in [5, 5.41) is 8.66. The number of Topliss-reactive ketones (excluding diaryl/α,β-unsaturated/α-hetero) is 2. The Kier molecular flexibility index (Phi) is 3.87. The van der Waals surface area contributed by atoms with Crippen LogP contribution in [0.2, 0.25) is 0 Å². The van der Waals surface area contributed by atoms with Gasteiger partial charge in [0, 0.05) is 19.3 Å². The first kappa shape index (κ1) is 13.6. The fraction of sp³-hybridized carbons (Fsp3) is 0.643. The van der Waals surface area contributed by atoms with Crippen molar-refractivity contribution in [3.63, 3.8) is 0 Å². The summed E-state index contributed by atoms with van der Waals surface area (Å²) < 4.78 is 0. The highest BCUT2D eigenvalue weighted by Crippen LogP contribution is 2.44. The molecule has 1 rings (SSSR count). The van der Waals surface area contributed by atoms with Gasteiger partial charge >= 0.3 is 0 Å². The maximum Gasteiger partial charge on any atom is 0.147 e. The van der Waals surface area contributed by atoms with Crippen molar-refractivity contribution in [2.45, 2.75) is 46.0 Å². The molecule has 0 N–H and O–H groups in total. The molecule has 0 aromatic rings. The lowest BCUT2D eigenvalue weighted by Gasteiger charge is -2.40. The normalized spacial score (nSPS) is 21.9. The number of nitrogens with zero attached hydrogens (tertiary/aromatic N) is 1. The van der Waals surface area contributed by atoms with Gasteiger partial charge in [0.05, 0.1) is 11.5 Å². The van der Waals surface area contributed by atoms with Crippen molar-refractivity contribution in [3.05, 3.63) is 12.7 Å². The fourth-order valence-corrected chi connectivity index (χ4v) is 2.55. The third-order valence-electron chi connectivity index (χ3n) is 3.50.